The molecule has 1 aromatic heterocycles. The molecular weight excluding hydrogens is 305 g/mol. The lowest BCUT2D eigenvalue weighted by atomic mass is 10.2. The molecule has 22 heavy (non-hydrogen) atoms. The molecule has 7 heteroatoms. The highest BCUT2D eigenvalue weighted by Crippen LogP contribution is 2.32. The van der Waals surface area contributed by atoms with Gasteiger partial charge in [0.15, 0.2) is 5.03 Å². The Bertz CT molecular complexity index is 751. The lowest BCUT2D eigenvalue weighted by Gasteiger charge is -2.21. The van der Waals surface area contributed by atoms with Crippen LogP contribution in [0.5, 0.6) is 0 Å². The molecule has 1 heterocycles. The molecule has 0 atom stereocenters. The Morgan fingerprint density at radius 3 is 2.55 bits per heavy atom. The van der Waals surface area contributed by atoms with Crippen LogP contribution < -0.4 is 0 Å². The third kappa shape index (κ3) is 3.36. The summed E-state index contributed by atoms with van der Waals surface area (Å²) in [4.78, 5) is 3.97. The first kappa shape index (κ1) is 15.2. The van der Waals surface area contributed by atoms with Crippen molar-refractivity contribution in [2.24, 2.45) is 13.0 Å². The van der Waals surface area contributed by atoms with Crippen LogP contribution in [0.2, 0.25) is 0 Å². The second-order valence-corrected chi connectivity index (χ2v) is 7.63. The molecule has 5 nitrogen and oxygen atoms in total. The van der Waals surface area contributed by atoms with Crippen LogP contribution >= 0.6 is 0 Å². The third-order valence-electron chi connectivity index (χ3n) is 3.72. The van der Waals surface area contributed by atoms with Crippen molar-refractivity contribution in [1.82, 2.24) is 13.9 Å². The summed E-state index contributed by atoms with van der Waals surface area (Å²) in [5.41, 5.74) is 0.765. The molecule has 0 N–H and O–H groups in total. The standard InChI is InChI=1S/C15H18FN3O2S/c1-18-10-15(17-11-18)22(20,21)19(8-12-2-3-12)9-13-4-6-14(16)7-5-13/h4-7,10-12H,2-3,8-9H2,1H3. The van der Waals surface area contributed by atoms with Gasteiger partial charge in [-0.2, -0.15) is 4.31 Å². The Labute approximate surface area is 129 Å². The molecule has 0 aliphatic heterocycles. The number of hydrogen-bond acceptors (Lipinski definition) is 3. The fraction of sp³-hybridized carbons (Fsp3) is 0.400. The first-order chi connectivity index (χ1) is 10.4. The molecule has 1 aromatic carbocycles. The predicted molar refractivity (Wildman–Crippen MR) is 79.9 cm³/mol. The van der Waals surface area contributed by atoms with E-state index in [1.807, 2.05) is 0 Å². The van der Waals surface area contributed by atoms with Crippen molar-refractivity contribution in [3.8, 4) is 0 Å². The number of aryl methyl sites for hydroxylation is 1. The van der Waals surface area contributed by atoms with E-state index in [9.17, 15) is 12.8 Å². The first-order valence-electron chi connectivity index (χ1n) is 7.18. The van der Waals surface area contributed by atoms with Crippen LogP contribution in [-0.2, 0) is 23.6 Å². The minimum absolute atomic E-state index is 0.0535. The van der Waals surface area contributed by atoms with E-state index in [4.69, 9.17) is 0 Å². The van der Waals surface area contributed by atoms with Crippen molar-refractivity contribution in [3.05, 3.63) is 48.2 Å². The van der Waals surface area contributed by atoms with Gasteiger partial charge in [0.1, 0.15) is 5.82 Å². The van der Waals surface area contributed by atoms with Crippen molar-refractivity contribution in [1.29, 1.82) is 0 Å². The van der Waals surface area contributed by atoms with Crippen LogP contribution in [-0.4, -0.2) is 28.8 Å². The van der Waals surface area contributed by atoms with Crippen molar-refractivity contribution < 1.29 is 12.8 Å². The van der Waals surface area contributed by atoms with E-state index in [1.54, 1.807) is 23.7 Å². The van der Waals surface area contributed by atoms with Gasteiger partial charge in [-0.3, -0.25) is 0 Å². The fourth-order valence-electron chi connectivity index (χ4n) is 2.28. The van der Waals surface area contributed by atoms with Crippen LogP contribution in [0.15, 0.2) is 41.8 Å². The minimum Gasteiger partial charge on any atom is -0.339 e. The van der Waals surface area contributed by atoms with E-state index in [0.717, 1.165) is 18.4 Å². The summed E-state index contributed by atoms with van der Waals surface area (Å²) >= 11 is 0. The number of aromatic nitrogens is 2. The van der Waals surface area contributed by atoms with Crippen molar-refractivity contribution in [3.63, 3.8) is 0 Å². The highest BCUT2D eigenvalue weighted by Gasteiger charge is 2.32. The van der Waals surface area contributed by atoms with Gasteiger partial charge in [-0.15, -0.1) is 0 Å². The number of benzene rings is 1. The number of hydrogen-bond donors (Lipinski definition) is 0. The monoisotopic (exact) mass is 323 g/mol. The maximum absolute atomic E-state index is 13.0. The summed E-state index contributed by atoms with van der Waals surface area (Å²) in [6, 6.07) is 5.92. The van der Waals surface area contributed by atoms with Gasteiger partial charge in [0.2, 0.25) is 0 Å². The largest absolute Gasteiger partial charge is 0.339 e. The van der Waals surface area contributed by atoms with E-state index in [2.05, 4.69) is 4.98 Å². The summed E-state index contributed by atoms with van der Waals surface area (Å²) < 4.78 is 41.6. The zero-order valence-corrected chi connectivity index (χ0v) is 13.1. The van der Waals surface area contributed by atoms with Gasteiger partial charge in [0, 0.05) is 26.3 Å². The quantitative estimate of drug-likeness (QED) is 0.818. The van der Waals surface area contributed by atoms with Crippen LogP contribution in [0, 0.1) is 11.7 Å². The zero-order valence-electron chi connectivity index (χ0n) is 12.3. The minimum atomic E-state index is -3.64. The Balaban J connectivity index is 1.86. The predicted octanol–water partition coefficient (Wildman–Crippen LogP) is 2.16. The summed E-state index contributed by atoms with van der Waals surface area (Å²) in [5.74, 6) is 0.0870. The average Bonchev–Trinajstić information content (AvgIpc) is 3.19. The second kappa shape index (κ2) is 5.81. The summed E-state index contributed by atoms with van der Waals surface area (Å²) in [6.45, 7) is 0.714. The fourth-order valence-corrected chi connectivity index (χ4v) is 3.75. The van der Waals surface area contributed by atoms with E-state index < -0.39 is 10.0 Å². The number of sulfonamides is 1. The van der Waals surface area contributed by atoms with E-state index in [0.29, 0.717) is 12.5 Å². The number of halogens is 1. The van der Waals surface area contributed by atoms with Gasteiger partial charge >= 0.3 is 0 Å². The molecule has 0 spiro atoms. The van der Waals surface area contributed by atoms with Gasteiger partial charge in [-0.25, -0.2) is 17.8 Å². The maximum atomic E-state index is 13.0. The molecule has 1 fully saturated rings. The Kier molecular flexibility index (Phi) is 4.01. The van der Waals surface area contributed by atoms with Gasteiger partial charge in [0.25, 0.3) is 10.0 Å². The number of imidazole rings is 1. The first-order valence-corrected chi connectivity index (χ1v) is 8.62. The lowest BCUT2D eigenvalue weighted by molar-refractivity contribution is 0.389. The molecule has 0 amide bonds. The van der Waals surface area contributed by atoms with Gasteiger partial charge < -0.3 is 4.57 Å². The van der Waals surface area contributed by atoms with Crippen molar-refractivity contribution in [2.75, 3.05) is 6.54 Å². The molecule has 2 aromatic rings. The van der Waals surface area contributed by atoms with Crippen LogP contribution in [0.1, 0.15) is 18.4 Å². The third-order valence-corrected chi connectivity index (χ3v) is 5.41. The van der Waals surface area contributed by atoms with E-state index >= 15 is 0 Å². The Hall–Kier alpha value is -1.73. The normalized spacial score (nSPS) is 15.4. The van der Waals surface area contributed by atoms with Gasteiger partial charge in [0.05, 0.1) is 6.33 Å². The molecule has 1 aliphatic rings. The highest BCUT2D eigenvalue weighted by atomic mass is 32.2. The average molecular weight is 323 g/mol. The van der Waals surface area contributed by atoms with Crippen LogP contribution in [0.4, 0.5) is 4.39 Å². The molecule has 1 saturated carbocycles. The maximum Gasteiger partial charge on any atom is 0.262 e. The van der Waals surface area contributed by atoms with E-state index in [1.165, 1.54) is 29.0 Å². The number of nitrogens with zero attached hydrogens (tertiary/aromatic N) is 3. The smallest absolute Gasteiger partial charge is 0.262 e. The Morgan fingerprint density at radius 1 is 1.32 bits per heavy atom. The topological polar surface area (TPSA) is 55.2 Å². The van der Waals surface area contributed by atoms with Gasteiger partial charge in [-0.1, -0.05) is 12.1 Å². The van der Waals surface area contributed by atoms with Crippen molar-refractivity contribution in [2.45, 2.75) is 24.4 Å². The molecular formula is C15H18FN3O2S. The molecule has 0 radical (unpaired) electrons. The molecule has 1 aliphatic carbocycles. The van der Waals surface area contributed by atoms with Gasteiger partial charge in [-0.05, 0) is 36.5 Å². The number of rotatable bonds is 6. The summed E-state index contributed by atoms with van der Waals surface area (Å²) in [6.07, 6.45) is 5.08. The Morgan fingerprint density at radius 2 is 2.00 bits per heavy atom. The molecule has 0 bridgehead atoms. The van der Waals surface area contributed by atoms with Crippen LogP contribution in [0.25, 0.3) is 0 Å². The molecule has 3 rings (SSSR count). The zero-order chi connectivity index (χ0) is 15.7. The molecule has 118 valence electrons. The highest BCUT2D eigenvalue weighted by molar-refractivity contribution is 7.89. The molecule has 0 unspecified atom stereocenters. The molecule has 0 saturated heterocycles. The summed E-state index contributed by atoms with van der Waals surface area (Å²) in [7, 11) is -1.90. The summed E-state index contributed by atoms with van der Waals surface area (Å²) in [5, 5.41) is 0.0535. The van der Waals surface area contributed by atoms with E-state index in [-0.39, 0.29) is 17.4 Å². The SMILES string of the molecule is Cn1cnc(S(=O)(=O)N(Cc2ccc(F)cc2)CC2CC2)c1. The lowest BCUT2D eigenvalue weighted by Crippen LogP contribution is -2.32. The van der Waals surface area contributed by atoms with Crippen LogP contribution in [0.3, 0.4) is 0 Å². The van der Waals surface area contributed by atoms with Crippen molar-refractivity contribution >= 4 is 10.0 Å². The second-order valence-electron chi connectivity index (χ2n) is 5.74.